The number of aryl methyl sites for hydroxylation is 2. The van der Waals surface area contributed by atoms with Crippen molar-refractivity contribution in [3.8, 4) is 17.6 Å². The Morgan fingerprint density at radius 3 is 2.31 bits per heavy atom. The summed E-state index contributed by atoms with van der Waals surface area (Å²) in [6.07, 6.45) is 3.03. The van der Waals surface area contributed by atoms with E-state index in [4.69, 9.17) is 4.74 Å². The molecule has 0 saturated heterocycles. The molecule has 3 aromatic carbocycles. The Labute approximate surface area is 184 Å². The third-order valence-corrected chi connectivity index (χ3v) is 5.03. The van der Waals surface area contributed by atoms with Crippen molar-refractivity contribution in [3.63, 3.8) is 0 Å². The Hall–Kier alpha value is -3.78. The average Bonchev–Trinajstić information content (AvgIpc) is 2.79. The zero-order valence-electron chi connectivity index (χ0n) is 17.5. The lowest BCUT2D eigenvalue weighted by atomic mass is 10.0. The molecule has 0 N–H and O–H groups in total. The number of hydrogen-bond donors (Lipinski definition) is 0. The molecule has 4 aromatic rings. The van der Waals surface area contributed by atoms with Gasteiger partial charge in [-0.05, 0) is 84.6 Å². The van der Waals surface area contributed by atoms with Crippen LogP contribution in [0.15, 0.2) is 66.9 Å². The minimum atomic E-state index is -0.912. The number of hydrogen-bond acceptors (Lipinski definition) is 2. The number of rotatable bonds is 5. The topological polar surface area (TPSA) is 22.1 Å². The standard InChI is InChI=1S/C27H20F3NO/c1-2-32-24-12-11-23(31-17-24)10-6-19-4-8-20(25(28)14-19)7-3-18-5-9-21-15-26(29)27(30)16-22(21)13-18/h4-5,8-9,11-17H,2,6,10H2,1H3. The van der Waals surface area contributed by atoms with Crippen molar-refractivity contribution in [2.24, 2.45) is 0 Å². The molecule has 0 aliphatic heterocycles. The van der Waals surface area contributed by atoms with Gasteiger partial charge in [-0.2, -0.15) is 0 Å². The lowest BCUT2D eigenvalue weighted by molar-refractivity contribution is 0.338. The fraction of sp³-hybridized carbons (Fsp3) is 0.148. The van der Waals surface area contributed by atoms with E-state index in [-0.39, 0.29) is 5.56 Å². The summed E-state index contributed by atoms with van der Waals surface area (Å²) in [5.74, 6) is 4.24. The summed E-state index contributed by atoms with van der Waals surface area (Å²) in [6.45, 7) is 2.51. The second-order valence-electron chi connectivity index (χ2n) is 7.31. The summed E-state index contributed by atoms with van der Waals surface area (Å²) in [6, 6.07) is 16.1. The number of benzene rings is 3. The van der Waals surface area contributed by atoms with E-state index in [1.54, 1.807) is 30.5 Å². The molecule has 160 valence electrons. The van der Waals surface area contributed by atoms with Crippen molar-refractivity contribution in [1.82, 2.24) is 4.98 Å². The van der Waals surface area contributed by atoms with Crippen molar-refractivity contribution in [2.75, 3.05) is 6.61 Å². The van der Waals surface area contributed by atoms with Crippen LogP contribution in [0.3, 0.4) is 0 Å². The van der Waals surface area contributed by atoms with Crippen molar-refractivity contribution < 1.29 is 17.9 Å². The minimum Gasteiger partial charge on any atom is -0.492 e. The molecule has 5 heteroatoms. The molecule has 0 amide bonds. The van der Waals surface area contributed by atoms with E-state index >= 15 is 0 Å². The second kappa shape index (κ2) is 9.57. The molecule has 32 heavy (non-hydrogen) atoms. The number of fused-ring (bicyclic) bond motifs is 1. The van der Waals surface area contributed by atoms with Gasteiger partial charge in [0.2, 0.25) is 0 Å². The lowest BCUT2D eigenvalue weighted by Crippen LogP contribution is -1.97. The van der Waals surface area contributed by atoms with Crippen LogP contribution in [0, 0.1) is 29.3 Å². The number of pyridine rings is 1. The Kier molecular flexibility index (Phi) is 6.42. The first-order valence-corrected chi connectivity index (χ1v) is 10.3. The van der Waals surface area contributed by atoms with Crippen LogP contribution in [0.5, 0.6) is 5.75 Å². The second-order valence-corrected chi connectivity index (χ2v) is 7.31. The summed E-state index contributed by atoms with van der Waals surface area (Å²) in [7, 11) is 0. The van der Waals surface area contributed by atoms with Gasteiger partial charge in [0.05, 0.1) is 18.4 Å². The first-order valence-electron chi connectivity index (χ1n) is 10.3. The van der Waals surface area contributed by atoms with Gasteiger partial charge in [0, 0.05) is 11.3 Å². The SMILES string of the molecule is CCOc1ccc(CCc2ccc(C#Cc3ccc4cc(F)c(F)cc4c3)c(F)c2)nc1. The van der Waals surface area contributed by atoms with Gasteiger partial charge in [0.15, 0.2) is 11.6 Å². The molecular weight excluding hydrogens is 411 g/mol. The minimum absolute atomic E-state index is 0.276. The first kappa shape index (κ1) is 21.5. The van der Waals surface area contributed by atoms with Crippen molar-refractivity contribution in [2.45, 2.75) is 19.8 Å². The summed E-state index contributed by atoms with van der Waals surface area (Å²) >= 11 is 0. The van der Waals surface area contributed by atoms with Gasteiger partial charge < -0.3 is 4.74 Å². The van der Waals surface area contributed by atoms with Gasteiger partial charge >= 0.3 is 0 Å². The summed E-state index contributed by atoms with van der Waals surface area (Å²) < 4.78 is 46.7. The number of ether oxygens (including phenoxy) is 1. The molecule has 0 radical (unpaired) electrons. The third-order valence-electron chi connectivity index (χ3n) is 5.03. The summed E-state index contributed by atoms with van der Waals surface area (Å²) in [5, 5.41) is 1.11. The van der Waals surface area contributed by atoms with Crippen molar-refractivity contribution in [3.05, 3.63) is 107 Å². The Morgan fingerprint density at radius 1 is 0.781 bits per heavy atom. The summed E-state index contributed by atoms with van der Waals surface area (Å²) in [5.41, 5.74) is 2.63. The highest BCUT2D eigenvalue weighted by Crippen LogP contribution is 2.20. The first-order chi connectivity index (χ1) is 15.5. The lowest BCUT2D eigenvalue weighted by Gasteiger charge is -2.05. The van der Waals surface area contributed by atoms with E-state index in [2.05, 4.69) is 16.8 Å². The van der Waals surface area contributed by atoms with Crippen LogP contribution in [0.2, 0.25) is 0 Å². The number of halogens is 3. The molecule has 0 saturated carbocycles. The fourth-order valence-corrected chi connectivity index (χ4v) is 3.36. The van der Waals surface area contributed by atoms with Crippen molar-refractivity contribution in [1.29, 1.82) is 0 Å². The van der Waals surface area contributed by atoms with Crippen LogP contribution in [0.1, 0.15) is 29.3 Å². The van der Waals surface area contributed by atoms with Crippen LogP contribution in [0.25, 0.3) is 10.8 Å². The third kappa shape index (κ3) is 5.09. The molecule has 0 atom stereocenters. The van der Waals surface area contributed by atoms with E-state index in [0.29, 0.717) is 35.8 Å². The van der Waals surface area contributed by atoms with E-state index in [0.717, 1.165) is 29.1 Å². The molecular formula is C27H20F3NO. The Bertz CT molecular complexity index is 1320. The predicted octanol–water partition coefficient (Wildman–Crippen LogP) is 6.24. The largest absolute Gasteiger partial charge is 0.492 e. The van der Waals surface area contributed by atoms with E-state index < -0.39 is 17.5 Å². The monoisotopic (exact) mass is 431 g/mol. The van der Waals surface area contributed by atoms with Crippen LogP contribution in [-0.2, 0) is 12.8 Å². The quantitative estimate of drug-likeness (QED) is 0.349. The maximum absolute atomic E-state index is 14.5. The molecule has 1 heterocycles. The molecule has 0 unspecified atom stereocenters. The highest BCUT2D eigenvalue weighted by atomic mass is 19.2. The van der Waals surface area contributed by atoms with E-state index in [9.17, 15) is 13.2 Å². The maximum atomic E-state index is 14.5. The van der Waals surface area contributed by atoms with Gasteiger partial charge in [0.25, 0.3) is 0 Å². The van der Waals surface area contributed by atoms with Gasteiger partial charge in [-0.3, -0.25) is 4.98 Å². The molecule has 4 rings (SSSR count). The number of aromatic nitrogens is 1. The van der Waals surface area contributed by atoms with Gasteiger partial charge in [-0.15, -0.1) is 0 Å². The van der Waals surface area contributed by atoms with Gasteiger partial charge in [-0.1, -0.05) is 24.0 Å². The predicted molar refractivity (Wildman–Crippen MR) is 119 cm³/mol. The normalized spacial score (nSPS) is 10.6. The molecule has 0 fully saturated rings. The van der Waals surface area contributed by atoms with Crippen LogP contribution in [0.4, 0.5) is 13.2 Å². The fourth-order valence-electron chi connectivity index (χ4n) is 3.36. The average molecular weight is 431 g/mol. The molecule has 1 aromatic heterocycles. The highest BCUT2D eigenvalue weighted by Gasteiger charge is 2.05. The Balaban J connectivity index is 1.45. The Morgan fingerprint density at radius 2 is 1.59 bits per heavy atom. The zero-order valence-corrected chi connectivity index (χ0v) is 17.5. The van der Waals surface area contributed by atoms with E-state index in [1.165, 1.54) is 6.07 Å². The molecule has 0 aliphatic carbocycles. The zero-order chi connectivity index (χ0) is 22.5. The smallest absolute Gasteiger partial charge is 0.159 e. The van der Waals surface area contributed by atoms with Crippen molar-refractivity contribution >= 4 is 10.8 Å². The highest BCUT2D eigenvalue weighted by molar-refractivity contribution is 5.84. The molecule has 0 spiro atoms. The molecule has 0 bridgehead atoms. The number of nitrogens with zero attached hydrogens (tertiary/aromatic N) is 1. The van der Waals surface area contributed by atoms with Crippen LogP contribution < -0.4 is 4.74 Å². The van der Waals surface area contributed by atoms with E-state index in [1.807, 2.05) is 25.1 Å². The molecule has 0 aliphatic rings. The van der Waals surface area contributed by atoms with Gasteiger partial charge in [-0.25, -0.2) is 13.2 Å². The van der Waals surface area contributed by atoms with Crippen LogP contribution >= 0.6 is 0 Å². The van der Waals surface area contributed by atoms with Crippen LogP contribution in [-0.4, -0.2) is 11.6 Å². The molecule has 2 nitrogen and oxygen atoms in total. The summed E-state index contributed by atoms with van der Waals surface area (Å²) in [4.78, 5) is 4.36. The maximum Gasteiger partial charge on any atom is 0.159 e. The van der Waals surface area contributed by atoms with Gasteiger partial charge in [0.1, 0.15) is 11.6 Å².